The van der Waals surface area contributed by atoms with Gasteiger partial charge in [0.2, 0.25) is 5.91 Å². The lowest BCUT2D eigenvalue weighted by atomic mass is 10.1. The highest BCUT2D eigenvalue weighted by molar-refractivity contribution is 9.10. The zero-order valence-electron chi connectivity index (χ0n) is 10.4. The summed E-state index contributed by atoms with van der Waals surface area (Å²) in [5.41, 5.74) is 1.81. The van der Waals surface area contributed by atoms with Gasteiger partial charge in [-0.05, 0) is 35.9 Å². The number of nitrogens with one attached hydrogen (secondary N) is 1. The maximum Gasteiger partial charge on any atom is 0.228 e. The SMILES string of the molecule is N#Cc1ccc(Cl)c(NC(=O)Cc2ccc(Br)cc2)c1. The third kappa shape index (κ3) is 3.83. The maximum atomic E-state index is 12.0. The van der Waals surface area contributed by atoms with Crippen LogP contribution in [0.15, 0.2) is 46.9 Å². The maximum absolute atomic E-state index is 12.0. The first-order valence-corrected chi connectivity index (χ1v) is 6.99. The van der Waals surface area contributed by atoms with Crippen molar-refractivity contribution in [1.82, 2.24) is 0 Å². The van der Waals surface area contributed by atoms with Crippen molar-refractivity contribution < 1.29 is 4.79 Å². The van der Waals surface area contributed by atoms with Crippen LogP contribution in [0.2, 0.25) is 5.02 Å². The van der Waals surface area contributed by atoms with Crippen LogP contribution in [0.3, 0.4) is 0 Å². The number of carbonyl (C=O) groups is 1. The van der Waals surface area contributed by atoms with E-state index in [1.807, 2.05) is 30.3 Å². The van der Waals surface area contributed by atoms with Gasteiger partial charge in [-0.2, -0.15) is 5.26 Å². The van der Waals surface area contributed by atoms with Gasteiger partial charge < -0.3 is 5.32 Å². The number of carbonyl (C=O) groups excluding carboxylic acids is 1. The van der Waals surface area contributed by atoms with Crippen molar-refractivity contribution in [1.29, 1.82) is 5.26 Å². The molecule has 1 amide bonds. The predicted molar refractivity (Wildman–Crippen MR) is 82.6 cm³/mol. The van der Waals surface area contributed by atoms with E-state index in [1.165, 1.54) is 0 Å². The quantitative estimate of drug-likeness (QED) is 0.905. The Hall–Kier alpha value is -1.83. The monoisotopic (exact) mass is 348 g/mol. The molecular formula is C15H10BrClN2O. The summed E-state index contributed by atoms with van der Waals surface area (Å²) < 4.78 is 0.964. The second-order valence-corrected chi connectivity index (χ2v) is 5.48. The number of hydrogen-bond donors (Lipinski definition) is 1. The summed E-state index contributed by atoms with van der Waals surface area (Å²) in [5, 5.41) is 12.0. The molecule has 0 unspecified atom stereocenters. The van der Waals surface area contributed by atoms with Gasteiger partial charge in [0, 0.05) is 4.47 Å². The van der Waals surface area contributed by atoms with E-state index >= 15 is 0 Å². The fourth-order valence-corrected chi connectivity index (χ4v) is 2.10. The standard InChI is InChI=1S/C15H10BrClN2O/c16-12-4-1-10(2-5-12)8-15(20)19-14-7-11(9-18)3-6-13(14)17/h1-7H,8H2,(H,19,20). The van der Waals surface area contributed by atoms with E-state index in [2.05, 4.69) is 21.2 Å². The summed E-state index contributed by atoms with van der Waals surface area (Å²) in [4.78, 5) is 12.0. The minimum atomic E-state index is -0.177. The van der Waals surface area contributed by atoms with Crippen molar-refractivity contribution in [3.8, 4) is 6.07 Å². The first kappa shape index (κ1) is 14.6. The Kier molecular flexibility index (Phi) is 4.78. The molecule has 0 saturated heterocycles. The molecule has 3 nitrogen and oxygen atoms in total. The second-order valence-electron chi connectivity index (χ2n) is 4.16. The molecule has 20 heavy (non-hydrogen) atoms. The highest BCUT2D eigenvalue weighted by Gasteiger charge is 2.08. The number of amides is 1. The molecule has 0 atom stereocenters. The lowest BCUT2D eigenvalue weighted by molar-refractivity contribution is -0.115. The van der Waals surface area contributed by atoms with Crippen LogP contribution in [0.25, 0.3) is 0 Å². The second kappa shape index (κ2) is 6.56. The van der Waals surface area contributed by atoms with Gasteiger partial charge >= 0.3 is 0 Å². The fraction of sp³-hybridized carbons (Fsp3) is 0.0667. The fourth-order valence-electron chi connectivity index (χ4n) is 1.67. The van der Waals surface area contributed by atoms with E-state index in [0.29, 0.717) is 16.3 Å². The van der Waals surface area contributed by atoms with E-state index in [1.54, 1.807) is 18.2 Å². The van der Waals surface area contributed by atoms with Gasteiger partial charge in [0.15, 0.2) is 0 Å². The van der Waals surface area contributed by atoms with Crippen molar-refractivity contribution in [3.05, 3.63) is 63.1 Å². The van der Waals surface area contributed by atoms with Gasteiger partial charge in [-0.25, -0.2) is 0 Å². The molecule has 0 spiro atoms. The topological polar surface area (TPSA) is 52.9 Å². The zero-order valence-corrected chi connectivity index (χ0v) is 12.7. The summed E-state index contributed by atoms with van der Waals surface area (Å²) in [6, 6.07) is 14.3. The molecule has 0 aromatic heterocycles. The average molecular weight is 350 g/mol. The number of anilines is 1. The van der Waals surface area contributed by atoms with Crippen molar-refractivity contribution in [2.24, 2.45) is 0 Å². The molecule has 2 aromatic rings. The Morgan fingerprint density at radius 1 is 1.25 bits per heavy atom. The molecule has 100 valence electrons. The van der Waals surface area contributed by atoms with Gasteiger partial charge in [-0.1, -0.05) is 39.7 Å². The lowest BCUT2D eigenvalue weighted by Crippen LogP contribution is -2.14. The number of benzene rings is 2. The smallest absolute Gasteiger partial charge is 0.228 e. The highest BCUT2D eigenvalue weighted by Crippen LogP contribution is 2.23. The number of rotatable bonds is 3. The van der Waals surface area contributed by atoms with E-state index in [-0.39, 0.29) is 12.3 Å². The minimum absolute atomic E-state index is 0.177. The van der Waals surface area contributed by atoms with Gasteiger partial charge in [0.1, 0.15) is 0 Å². The number of nitriles is 1. The Morgan fingerprint density at radius 3 is 2.60 bits per heavy atom. The van der Waals surface area contributed by atoms with Gasteiger partial charge in [-0.15, -0.1) is 0 Å². The molecular weight excluding hydrogens is 340 g/mol. The summed E-state index contributed by atoms with van der Waals surface area (Å²) in [7, 11) is 0. The van der Waals surface area contributed by atoms with Crippen LogP contribution in [0.1, 0.15) is 11.1 Å². The number of halogens is 2. The molecule has 1 N–H and O–H groups in total. The summed E-state index contributed by atoms with van der Waals surface area (Å²) in [6.07, 6.45) is 0.250. The van der Waals surface area contributed by atoms with Crippen LogP contribution in [-0.2, 0) is 11.2 Å². The van der Waals surface area contributed by atoms with Crippen LogP contribution in [-0.4, -0.2) is 5.91 Å². The molecule has 2 aromatic carbocycles. The summed E-state index contributed by atoms with van der Waals surface area (Å²) in [6.45, 7) is 0. The van der Waals surface area contributed by atoms with E-state index in [0.717, 1.165) is 10.0 Å². The first-order valence-electron chi connectivity index (χ1n) is 5.82. The summed E-state index contributed by atoms with van der Waals surface area (Å²) in [5.74, 6) is -0.177. The van der Waals surface area contributed by atoms with Gasteiger partial charge in [-0.3, -0.25) is 4.79 Å². The summed E-state index contributed by atoms with van der Waals surface area (Å²) >= 11 is 9.33. The largest absolute Gasteiger partial charge is 0.324 e. The Balaban J connectivity index is 2.08. The van der Waals surface area contributed by atoms with Crippen LogP contribution in [0.4, 0.5) is 5.69 Å². The zero-order chi connectivity index (χ0) is 14.5. The van der Waals surface area contributed by atoms with Crippen molar-refractivity contribution >= 4 is 39.1 Å². The van der Waals surface area contributed by atoms with Gasteiger partial charge in [0.25, 0.3) is 0 Å². The van der Waals surface area contributed by atoms with Crippen LogP contribution < -0.4 is 5.32 Å². The molecule has 0 aliphatic carbocycles. The molecule has 0 aliphatic heterocycles. The Bertz CT molecular complexity index is 677. The van der Waals surface area contributed by atoms with Crippen LogP contribution in [0, 0.1) is 11.3 Å². The normalized spacial score (nSPS) is 9.85. The van der Waals surface area contributed by atoms with Crippen LogP contribution in [0.5, 0.6) is 0 Å². The number of hydrogen-bond acceptors (Lipinski definition) is 2. The molecule has 0 fully saturated rings. The van der Waals surface area contributed by atoms with Crippen molar-refractivity contribution in [2.45, 2.75) is 6.42 Å². The van der Waals surface area contributed by atoms with Gasteiger partial charge in [0.05, 0.1) is 28.8 Å². The molecule has 0 bridgehead atoms. The molecule has 0 saturated carbocycles. The third-order valence-corrected chi connectivity index (χ3v) is 3.51. The predicted octanol–water partition coefficient (Wildman–Crippen LogP) is 4.16. The molecule has 0 radical (unpaired) electrons. The highest BCUT2D eigenvalue weighted by atomic mass is 79.9. The van der Waals surface area contributed by atoms with E-state index in [4.69, 9.17) is 16.9 Å². The third-order valence-electron chi connectivity index (χ3n) is 2.65. The lowest BCUT2D eigenvalue weighted by Gasteiger charge is -2.07. The molecule has 0 aliphatic rings. The minimum Gasteiger partial charge on any atom is -0.324 e. The Morgan fingerprint density at radius 2 is 1.95 bits per heavy atom. The van der Waals surface area contributed by atoms with Crippen molar-refractivity contribution in [2.75, 3.05) is 5.32 Å². The average Bonchev–Trinajstić information content (AvgIpc) is 2.44. The molecule has 2 rings (SSSR count). The Labute approximate surface area is 130 Å². The molecule has 0 heterocycles. The van der Waals surface area contributed by atoms with E-state index < -0.39 is 0 Å². The number of nitrogens with zero attached hydrogens (tertiary/aromatic N) is 1. The first-order chi connectivity index (χ1) is 9.58. The van der Waals surface area contributed by atoms with Crippen LogP contribution >= 0.6 is 27.5 Å². The van der Waals surface area contributed by atoms with E-state index in [9.17, 15) is 4.79 Å². The molecule has 5 heteroatoms. The van der Waals surface area contributed by atoms with Crippen molar-refractivity contribution in [3.63, 3.8) is 0 Å².